The molecule has 1 saturated carbocycles. The highest BCUT2D eigenvalue weighted by Gasteiger charge is 2.41. The number of hydrogen-bond acceptors (Lipinski definition) is 18. The van der Waals surface area contributed by atoms with Crippen LogP contribution in [0, 0.1) is 23.7 Å². The number of aromatic nitrogens is 6. The van der Waals surface area contributed by atoms with E-state index in [0.29, 0.717) is 62.7 Å². The van der Waals surface area contributed by atoms with Crippen LogP contribution in [0.3, 0.4) is 0 Å². The second-order valence-electron chi connectivity index (χ2n) is 24.8. The van der Waals surface area contributed by atoms with Crippen LogP contribution >= 0.6 is 0 Å². The molecule has 2 aromatic carbocycles. The first-order chi connectivity index (χ1) is 46.1. The number of nitrogens with zero attached hydrogens (tertiary/aromatic N) is 8. The number of halogens is 9. The number of rotatable bonds is 16. The Labute approximate surface area is 568 Å². The Bertz CT molecular complexity index is 3860. The monoisotopic (exact) mass is 1360 g/mol. The molecule has 2 aliphatic heterocycles. The number of nitrogens with two attached hydrogens (primary N) is 4. The highest BCUT2D eigenvalue weighted by molar-refractivity contribution is 6.13. The van der Waals surface area contributed by atoms with Crippen LogP contribution in [0.4, 0.5) is 74.4 Å². The van der Waals surface area contributed by atoms with Crippen molar-refractivity contribution in [1.29, 1.82) is 0 Å². The SMILES string of the molecule is CC(C)[C@H]1CN(c2ccc(C(F)(F)F)c(C(=O)c3cccnc3N)n2)C[C@@H](c2ccccc2)N1.CC(C)[C@H]1CN(c2ccc(C(F)(F)F)c(C(=O)c3cccnc3N)n2)C[C@H](c2ccccc2)N1.NCC1CCC(CNc2ccc(C(F)(F)F)c(C(=O)c3cccnc3N)n2)CC1.[HH].[HH].[HH].[HH].[HH].[HH].[HH].[HH].[HH]. The van der Waals surface area contributed by atoms with Gasteiger partial charge in [-0.05, 0) is 140 Å². The lowest BCUT2D eigenvalue weighted by Gasteiger charge is -2.41. The molecule has 8 aromatic rings. The molecule has 1 aliphatic carbocycles. The first-order valence-electron chi connectivity index (χ1n) is 31.7. The zero-order chi connectivity index (χ0) is 69.9. The summed E-state index contributed by atoms with van der Waals surface area (Å²) >= 11 is 0. The Morgan fingerprint density at radius 2 is 0.835 bits per heavy atom. The van der Waals surface area contributed by atoms with Gasteiger partial charge in [0.05, 0.1) is 45.5 Å². The number of anilines is 6. The number of piperazine rings is 2. The quantitative estimate of drug-likeness (QED) is 0.0350. The van der Waals surface area contributed by atoms with Crippen molar-refractivity contribution in [2.45, 2.75) is 96.1 Å². The van der Waals surface area contributed by atoms with Crippen molar-refractivity contribution in [2.24, 2.45) is 29.4 Å². The maximum atomic E-state index is 13.8. The van der Waals surface area contributed by atoms with Crippen LogP contribution in [-0.4, -0.2) is 98.6 Å². The molecule has 6 aromatic heterocycles. The molecule has 3 aliphatic rings. The van der Waals surface area contributed by atoms with E-state index < -0.39 is 69.7 Å². The second-order valence-corrected chi connectivity index (χ2v) is 24.8. The number of hydrogen-bond donors (Lipinski definition) is 7. The lowest BCUT2D eigenvalue weighted by atomic mass is 9.82. The lowest BCUT2D eigenvalue weighted by molar-refractivity contribution is -0.138. The maximum absolute atomic E-state index is 13.8. The summed E-state index contributed by atoms with van der Waals surface area (Å²) in [6.07, 6.45) is -5.99. The van der Waals surface area contributed by atoms with Crippen molar-refractivity contribution in [3.63, 3.8) is 0 Å². The highest BCUT2D eigenvalue weighted by Crippen LogP contribution is 2.39. The van der Waals surface area contributed by atoms with Gasteiger partial charge in [0.25, 0.3) is 0 Å². The molecule has 0 radical (unpaired) electrons. The van der Waals surface area contributed by atoms with E-state index in [-0.39, 0.29) is 88.8 Å². The molecule has 0 spiro atoms. The van der Waals surface area contributed by atoms with Gasteiger partial charge in [-0.3, -0.25) is 14.4 Å². The summed E-state index contributed by atoms with van der Waals surface area (Å²) in [5.74, 6) is -0.789. The van der Waals surface area contributed by atoms with Crippen molar-refractivity contribution >= 4 is 52.3 Å². The standard InChI is InChI=1S/2C25H26F3N5O.C20H24F3N5O.9H2/c2*1-15(2)19-13-33(14-20(31-19)16-7-4-3-5-8-16)21-11-10-18(25(26,27)28)22(32-21)23(34)17-9-6-12-30-24(17)29;21-20(22,23)15-7-8-16(27-11-13-5-3-12(10-24)4-6-13)28-17(15)18(29)14-2-1-9-26-19(14)25;;;;;;;;;/h2*3-12,15,19-20,31H,13-14H2,1-2H3,(H2,29,30);1-2,7-9,12-13H,3-6,10-11,24H2,(H2,25,26)(H,27,28);9*1H/t19-,20+;19-,20-;;;;;;;;;;/m11........../s1. The largest absolute Gasteiger partial charge is 0.418 e. The average Bonchev–Trinajstić information content (AvgIpc) is 0.786. The molecule has 0 amide bonds. The van der Waals surface area contributed by atoms with E-state index in [0.717, 1.165) is 55.0 Å². The van der Waals surface area contributed by atoms with Gasteiger partial charge in [-0.2, -0.15) is 39.5 Å². The smallest absolute Gasteiger partial charge is 0.383 e. The molecular formula is C70H94F9N15O3. The third-order valence-electron chi connectivity index (χ3n) is 17.5. The number of nitrogen functional groups attached to an aromatic ring is 3. The van der Waals surface area contributed by atoms with Crippen LogP contribution < -0.4 is 48.7 Å². The van der Waals surface area contributed by atoms with Crippen LogP contribution in [0.5, 0.6) is 0 Å². The van der Waals surface area contributed by atoms with Crippen molar-refractivity contribution < 1.29 is 66.7 Å². The van der Waals surface area contributed by atoms with Gasteiger partial charge in [-0.1, -0.05) is 88.4 Å². The predicted molar refractivity (Wildman–Crippen MR) is 372 cm³/mol. The number of carbonyl (C=O) groups excluding carboxylic acids is 3. The zero-order valence-corrected chi connectivity index (χ0v) is 53.6. The number of pyridine rings is 6. The molecule has 0 unspecified atom stereocenters. The van der Waals surface area contributed by atoms with Crippen LogP contribution in [-0.2, 0) is 18.5 Å². The zero-order valence-electron chi connectivity index (χ0n) is 53.6. The van der Waals surface area contributed by atoms with Gasteiger partial charge in [0.1, 0.15) is 52.0 Å². The first-order valence-corrected chi connectivity index (χ1v) is 31.7. The average molecular weight is 1360 g/mol. The Kier molecular flexibility index (Phi) is 23.0. The van der Waals surface area contributed by atoms with E-state index >= 15 is 0 Å². The minimum atomic E-state index is -4.75. The Hall–Kier alpha value is -9.60. The molecule has 18 nitrogen and oxygen atoms in total. The number of carbonyl (C=O) groups is 3. The van der Waals surface area contributed by atoms with Gasteiger partial charge in [-0.25, -0.2) is 29.9 Å². The molecule has 2 saturated heterocycles. The molecule has 3 fully saturated rings. The fraction of sp³-hybridized carbons (Fsp3) is 0.357. The van der Waals surface area contributed by atoms with Crippen molar-refractivity contribution in [1.82, 2.24) is 40.5 Å². The fourth-order valence-corrected chi connectivity index (χ4v) is 11.9. The molecule has 11 rings (SSSR count). The molecule has 0 bridgehead atoms. The summed E-state index contributed by atoms with van der Waals surface area (Å²) in [4.78, 5) is 66.8. The fourth-order valence-electron chi connectivity index (χ4n) is 11.9. The van der Waals surface area contributed by atoms with Gasteiger partial charge in [-0.15, -0.1) is 0 Å². The topological polar surface area (TPSA) is 275 Å². The predicted octanol–water partition coefficient (Wildman–Crippen LogP) is 14.7. The molecule has 8 heterocycles. The number of nitrogens with one attached hydrogen (secondary N) is 3. The number of ketones is 3. The number of benzene rings is 2. The molecule has 27 heteroatoms. The Balaban J connectivity index is 0.00000150. The minimum Gasteiger partial charge on any atom is -0.383 e. The molecule has 530 valence electrons. The molecule has 4 atom stereocenters. The maximum Gasteiger partial charge on any atom is 0.418 e. The second kappa shape index (κ2) is 31.1. The normalized spacial score (nSPS) is 19.1. The van der Waals surface area contributed by atoms with E-state index in [2.05, 4.69) is 73.5 Å². The van der Waals surface area contributed by atoms with E-state index in [1.165, 1.54) is 73.2 Å². The summed E-state index contributed by atoms with van der Waals surface area (Å²) in [5, 5.41) is 10.3. The molecule has 97 heavy (non-hydrogen) atoms. The van der Waals surface area contributed by atoms with E-state index in [1.807, 2.05) is 70.5 Å². The highest BCUT2D eigenvalue weighted by atomic mass is 19.4. The van der Waals surface area contributed by atoms with Crippen LogP contribution in [0.1, 0.15) is 154 Å². The summed E-state index contributed by atoms with van der Waals surface area (Å²) in [5.41, 5.74) is 19.4. The van der Waals surface area contributed by atoms with Gasteiger partial charge in [0, 0.05) is 76.2 Å². The molecular weight excluding hydrogens is 1270 g/mol. The van der Waals surface area contributed by atoms with Crippen LogP contribution in [0.2, 0.25) is 0 Å². The third-order valence-corrected chi connectivity index (χ3v) is 17.5. The van der Waals surface area contributed by atoms with Gasteiger partial charge in [0.2, 0.25) is 17.3 Å². The number of alkyl halides is 9. The van der Waals surface area contributed by atoms with Gasteiger partial charge >= 0.3 is 18.5 Å². The van der Waals surface area contributed by atoms with Crippen LogP contribution in [0.15, 0.2) is 152 Å². The summed E-state index contributed by atoms with van der Waals surface area (Å²) < 4.78 is 123. The summed E-state index contributed by atoms with van der Waals surface area (Å²) in [6, 6.07) is 34.8. The third kappa shape index (κ3) is 17.9. The van der Waals surface area contributed by atoms with Crippen molar-refractivity contribution in [3.05, 3.63) is 214 Å². The van der Waals surface area contributed by atoms with E-state index in [4.69, 9.17) is 22.9 Å². The lowest BCUT2D eigenvalue weighted by Crippen LogP contribution is -2.54. The van der Waals surface area contributed by atoms with E-state index in [9.17, 15) is 53.9 Å². The van der Waals surface area contributed by atoms with Crippen molar-refractivity contribution in [2.75, 3.05) is 71.6 Å². The minimum absolute atomic E-state index is 0. The van der Waals surface area contributed by atoms with E-state index in [1.54, 1.807) is 0 Å². The molecule has 11 N–H and O–H groups in total. The van der Waals surface area contributed by atoms with Crippen molar-refractivity contribution in [3.8, 4) is 0 Å². The summed E-state index contributed by atoms with van der Waals surface area (Å²) in [7, 11) is 0. The summed E-state index contributed by atoms with van der Waals surface area (Å²) in [6.45, 7) is 11.7. The van der Waals surface area contributed by atoms with Gasteiger partial charge in [0.15, 0.2) is 0 Å². The van der Waals surface area contributed by atoms with Crippen LogP contribution in [0.25, 0.3) is 0 Å². The Morgan fingerprint density at radius 1 is 0.485 bits per heavy atom. The first kappa shape index (κ1) is 71.7. The van der Waals surface area contributed by atoms with Gasteiger partial charge < -0.3 is 48.7 Å². The Morgan fingerprint density at radius 3 is 1.18 bits per heavy atom.